The van der Waals surface area contributed by atoms with Crippen LogP contribution in [-0.4, -0.2) is 6.54 Å². The van der Waals surface area contributed by atoms with Gasteiger partial charge in [0.15, 0.2) is 0 Å². The van der Waals surface area contributed by atoms with E-state index >= 15 is 0 Å². The van der Waals surface area contributed by atoms with Gasteiger partial charge in [-0.3, -0.25) is 0 Å². The lowest BCUT2D eigenvalue weighted by molar-refractivity contribution is -0.0658. The molecular formula is C13H25N. The second kappa shape index (κ2) is 3.84. The molecule has 0 radical (unpaired) electrons. The van der Waals surface area contributed by atoms with E-state index in [-0.39, 0.29) is 0 Å². The van der Waals surface area contributed by atoms with Gasteiger partial charge in [-0.05, 0) is 49.5 Å². The third-order valence-electron chi connectivity index (χ3n) is 4.63. The van der Waals surface area contributed by atoms with E-state index in [0.717, 1.165) is 12.0 Å². The summed E-state index contributed by atoms with van der Waals surface area (Å²) in [6.45, 7) is 3.23. The van der Waals surface area contributed by atoms with Gasteiger partial charge in [0.2, 0.25) is 0 Å². The maximum absolute atomic E-state index is 5.94. The highest BCUT2D eigenvalue weighted by atomic mass is 14.7. The molecule has 0 aromatic rings. The van der Waals surface area contributed by atoms with Crippen LogP contribution in [0.5, 0.6) is 0 Å². The molecule has 0 amide bonds. The molecular weight excluding hydrogens is 170 g/mol. The number of hydrogen-bond acceptors (Lipinski definition) is 1. The smallest absolute Gasteiger partial charge is 0.00201 e. The fraction of sp³-hybridized carbons (Fsp3) is 1.00. The Morgan fingerprint density at radius 2 is 1.71 bits per heavy atom. The first-order valence-corrected chi connectivity index (χ1v) is 6.44. The van der Waals surface area contributed by atoms with Gasteiger partial charge in [-0.2, -0.15) is 0 Å². The maximum Gasteiger partial charge on any atom is -0.00201 e. The lowest BCUT2D eigenvalue weighted by Gasteiger charge is -2.58. The molecule has 0 aliphatic heterocycles. The molecule has 0 saturated heterocycles. The van der Waals surface area contributed by atoms with Crippen molar-refractivity contribution in [2.75, 3.05) is 6.54 Å². The van der Waals surface area contributed by atoms with Crippen molar-refractivity contribution in [1.29, 1.82) is 0 Å². The van der Waals surface area contributed by atoms with Crippen molar-refractivity contribution < 1.29 is 0 Å². The molecule has 0 unspecified atom stereocenters. The summed E-state index contributed by atoms with van der Waals surface area (Å²) in [6.07, 6.45) is 13.0. The first-order valence-electron chi connectivity index (χ1n) is 6.44. The SMILES string of the molecule is CCCC1(CN)CC2(CCCCC2)C1. The third kappa shape index (κ3) is 1.71. The molecule has 0 atom stereocenters. The van der Waals surface area contributed by atoms with Crippen molar-refractivity contribution in [3.05, 3.63) is 0 Å². The molecule has 82 valence electrons. The van der Waals surface area contributed by atoms with Crippen LogP contribution in [0.15, 0.2) is 0 Å². The van der Waals surface area contributed by atoms with E-state index < -0.39 is 0 Å². The maximum atomic E-state index is 5.94. The highest BCUT2D eigenvalue weighted by molar-refractivity contribution is 5.04. The average Bonchev–Trinajstić information content (AvgIpc) is 2.17. The molecule has 2 N–H and O–H groups in total. The molecule has 0 aromatic carbocycles. The van der Waals surface area contributed by atoms with Crippen LogP contribution in [0, 0.1) is 10.8 Å². The molecule has 2 saturated carbocycles. The van der Waals surface area contributed by atoms with E-state index in [4.69, 9.17) is 5.73 Å². The lowest BCUT2D eigenvalue weighted by Crippen LogP contribution is -2.51. The molecule has 1 heteroatoms. The second-order valence-corrected chi connectivity index (χ2v) is 5.87. The summed E-state index contributed by atoms with van der Waals surface area (Å²) in [5.74, 6) is 0. The molecule has 2 fully saturated rings. The summed E-state index contributed by atoms with van der Waals surface area (Å²) in [4.78, 5) is 0. The molecule has 2 rings (SSSR count). The minimum atomic E-state index is 0.562. The van der Waals surface area contributed by atoms with Gasteiger partial charge < -0.3 is 5.73 Å². The van der Waals surface area contributed by atoms with Gasteiger partial charge in [0, 0.05) is 0 Å². The summed E-state index contributed by atoms with van der Waals surface area (Å²) in [6, 6.07) is 0. The zero-order chi connectivity index (χ0) is 10.1. The van der Waals surface area contributed by atoms with Crippen molar-refractivity contribution in [3.63, 3.8) is 0 Å². The Morgan fingerprint density at radius 1 is 1.07 bits per heavy atom. The molecule has 1 spiro atoms. The minimum absolute atomic E-state index is 0.562. The van der Waals surface area contributed by atoms with Crippen LogP contribution in [0.3, 0.4) is 0 Å². The molecule has 0 aromatic heterocycles. The largest absolute Gasteiger partial charge is 0.330 e. The van der Waals surface area contributed by atoms with Gasteiger partial charge in [0.05, 0.1) is 0 Å². The van der Waals surface area contributed by atoms with Crippen molar-refractivity contribution in [2.45, 2.75) is 64.7 Å². The van der Waals surface area contributed by atoms with Gasteiger partial charge in [-0.25, -0.2) is 0 Å². The molecule has 2 aliphatic carbocycles. The average molecular weight is 195 g/mol. The van der Waals surface area contributed by atoms with Crippen molar-refractivity contribution in [1.82, 2.24) is 0 Å². The van der Waals surface area contributed by atoms with Crippen LogP contribution >= 0.6 is 0 Å². The Bertz CT molecular complexity index is 176. The Morgan fingerprint density at radius 3 is 2.21 bits per heavy atom. The monoisotopic (exact) mass is 195 g/mol. The summed E-state index contributed by atoms with van der Waals surface area (Å²) >= 11 is 0. The summed E-state index contributed by atoms with van der Waals surface area (Å²) in [5, 5.41) is 0. The summed E-state index contributed by atoms with van der Waals surface area (Å²) < 4.78 is 0. The highest BCUT2D eigenvalue weighted by Crippen LogP contribution is 2.62. The lowest BCUT2D eigenvalue weighted by atomic mass is 9.47. The van der Waals surface area contributed by atoms with Gasteiger partial charge in [-0.15, -0.1) is 0 Å². The Hall–Kier alpha value is -0.0400. The Kier molecular flexibility index (Phi) is 2.88. The summed E-state index contributed by atoms with van der Waals surface area (Å²) in [5.41, 5.74) is 7.26. The van der Waals surface area contributed by atoms with E-state index in [9.17, 15) is 0 Å². The van der Waals surface area contributed by atoms with Crippen LogP contribution in [0.2, 0.25) is 0 Å². The van der Waals surface area contributed by atoms with Crippen LogP contribution in [0.25, 0.3) is 0 Å². The minimum Gasteiger partial charge on any atom is -0.330 e. The molecule has 0 bridgehead atoms. The molecule has 2 aliphatic rings. The van der Waals surface area contributed by atoms with Gasteiger partial charge in [0.1, 0.15) is 0 Å². The van der Waals surface area contributed by atoms with Crippen LogP contribution < -0.4 is 5.73 Å². The normalized spacial score (nSPS) is 28.7. The molecule has 0 heterocycles. The zero-order valence-corrected chi connectivity index (χ0v) is 9.65. The first-order chi connectivity index (χ1) is 6.74. The number of rotatable bonds is 3. The predicted molar refractivity (Wildman–Crippen MR) is 61.1 cm³/mol. The van der Waals surface area contributed by atoms with Crippen LogP contribution in [0.1, 0.15) is 64.7 Å². The Balaban J connectivity index is 1.91. The first kappa shape index (κ1) is 10.5. The van der Waals surface area contributed by atoms with E-state index in [1.807, 2.05) is 0 Å². The summed E-state index contributed by atoms with van der Waals surface area (Å²) in [7, 11) is 0. The quantitative estimate of drug-likeness (QED) is 0.733. The molecule has 1 nitrogen and oxygen atoms in total. The van der Waals surface area contributed by atoms with E-state index in [0.29, 0.717) is 5.41 Å². The van der Waals surface area contributed by atoms with Crippen LogP contribution in [-0.2, 0) is 0 Å². The number of hydrogen-bond donors (Lipinski definition) is 1. The Labute approximate surface area is 88.4 Å². The fourth-order valence-electron chi connectivity index (χ4n) is 4.15. The standard InChI is InChI=1S/C13H25N/c1-2-6-13(11-14)9-12(10-13)7-4-3-5-8-12/h2-11,14H2,1H3. The van der Waals surface area contributed by atoms with Crippen molar-refractivity contribution >= 4 is 0 Å². The second-order valence-electron chi connectivity index (χ2n) is 5.87. The van der Waals surface area contributed by atoms with Crippen molar-refractivity contribution in [2.24, 2.45) is 16.6 Å². The zero-order valence-electron chi connectivity index (χ0n) is 9.65. The predicted octanol–water partition coefficient (Wildman–Crippen LogP) is 3.48. The highest BCUT2D eigenvalue weighted by Gasteiger charge is 2.52. The van der Waals surface area contributed by atoms with Crippen LogP contribution in [0.4, 0.5) is 0 Å². The van der Waals surface area contributed by atoms with Crippen molar-refractivity contribution in [3.8, 4) is 0 Å². The van der Waals surface area contributed by atoms with Gasteiger partial charge >= 0.3 is 0 Å². The third-order valence-corrected chi connectivity index (χ3v) is 4.63. The van der Waals surface area contributed by atoms with Gasteiger partial charge in [0.25, 0.3) is 0 Å². The topological polar surface area (TPSA) is 26.0 Å². The van der Waals surface area contributed by atoms with E-state index in [1.54, 1.807) is 0 Å². The number of nitrogens with two attached hydrogens (primary N) is 1. The fourth-order valence-corrected chi connectivity index (χ4v) is 4.15. The molecule has 14 heavy (non-hydrogen) atoms. The van der Waals surface area contributed by atoms with Gasteiger partial charge in [-0.1, -0.05) is 32.6 Å². The van der Waals surface area contributed by atoms with E-state index in [2.05, 4.69) is 6.92 Å². The van der Waals surface area contributed by atoms with E-state index in [1.165, 1.54) is 57.8 Å².